The van der Waals surface area contributed by atoms with E-state index in [1.165, 1.54) is 17.2 Å². The maximum atomic E-state index is 12.3. The fraction of sp³-hybridized carbons (Fsp3) is 0.762. The van der Waals surface area contributed by atoms with E-state index in [0.29, 0.717) is 23.5 Å². The first kappa shape index (κ1) is 32.3. The van der Waals surface area contributed by atoms with Gasteiger partial charge in [-0.1, -0.05) is 26.2 Å². The van der Waals surface area contributed by atoms with E-state index >= 15 is 0 Å². The lowest BCUT2D eigenvalue weighted by Crippen LogP contribution is -2.36. The zero-order valence-electron chi connectivity index (χ0n) is 22.2. The molecule has 0 bridgehead atoms. The number of fused-ring (bicyclic) bond motifs is 1. The maximum Gasteiger partial charge on any atom is 0.481 e. The molecule has 0 aromatic carbocycles. The van der Waals surface area contributed by atoms with Crippen LogP contribution in [0.3, 0.4) is 0 Å². The van der Waals surface area contributed by atoms with Gasteiger partial charge in [-0.3, -0.25) is 13.6 Å². The zero-order valence-corrected chi connectivity index (χ0v) is 24.0. The molecule has 0 radical (unpaired) electrons. The Morgan fingerprint density at radius 3 is 2.44 bits per heavy atom. The first-order chi connectivity index (χ1) is 19.4. The third-order valence-electron chi connectivity index (χ3n) is 6.71. The van der Waals surface area contributed by atoms with Crippen molar-refractivity contribution in [1.82, 2.24) is 24.8 Å². The van der Waals surface area contributed by atoms with E-state index < -0.39 is 71.6 Å². The molecule has 20 heteroatoms. The van der Waals surface area contributed by atoms with Crippen molar-refractivity contribution in [3.8, 4) is 0 Å². The van der Waals surface area contributed by atoms with Crippen molar-refractivity contribution >= 4 is 32.6 Å². The van der Waals surface area contributed by atoms with E-state index in [0.717, 1.165) is 25.7 Å². The predicted octanol–water partition coefficient (Wildman–Crippen LogP) is -0.618. The van der Waals surface area contributed by atoms with Crippen molar-refractivity contribution < 1.29 is 57.4 Å². The van der Waals surface area contributed by atoms with Gasteiger partial charge in [-0.2, -0.15) is 4.31 Å². The van der Waals surface area contributed by atoms with E-state index in [1.54, 1.807) is 0 Å². The molecule has 2 fully saturated rings. The highest BCUT2D eigenvalue weighted by atomic mass is 31.3. The molecule has 232 valence electrons. The van der Waals surface area contributed by atoms with Crippen molar-refractivity contribution in [2.24, 2.45) is 0 Å². The molecule has 18 nitrogen and oxygen atoms in total. The van der Waals surface area contributed by atoms with Gasteiger partial charge in [0.15, 0.2) is 23.2 Å². The molecule has 0 spiro atoms. The van der Waals surface area contributed by atoms with Crippen LogP contribution in [0.4, 0.5) is 5.82 Å². The number of hydrogen-bond acceptors (Lipinski definition) is 15. The van der Waals surface area contributed by atoms with Crippen molar-refractivity contribution in [2.75, 3.05) is 31.6 Å². The standard InChI is InChI=1S/C21H36N6O12P2/c1-2-3-4-5-6-22-19-15-20(25-10-24-19)27(11-26-15)21-18(31)17(30)14(38-21)9-37-41(34,35)39-40(32,33)36-8-12-16(29)13(28)7-23-12/h10-14,16-18,21,23,28-31H,2-9H2,1H3,(H,32,33)(H,34,35)(H,22,24,25)/t12-,13+,14-,16-,17-,18-,21-/m1/s1. The Balaban J connectivity index is 1.33. The molecule has 0 aliphatic carbocycles. The van der Waals surface area contributed by atoms with Crippen LogP contribution in [-0.2, 0) is 27.2 Å². The van der Waals surface area contributed by atoms with Crippen molar-refractivity contribution in [3.05, 3.63) is 12.7 Å². The third-order valence-corrected chi connectivity index (χ3v) is 9.32. The van der Waals surface area contributed by atoms with Gasteiger partial charge >= 0.3 is 15.6 Å². The molecule has 9 atom stereocenters. The average molecular weight is 626 g/mol. The van der Waals surface area contributed by atoms with Gasteiger partial charge < -0.3 is 45.6 Å². The van der Waals surface area contributed by atoms with Gasteiger partial charge in [0.1, 0.15) is 24.6 Å². The Bertz CT molecular complexity index is 1250. The Hall–Kier alpha value is -1.63. The van der Waals surface area contributed by atoms with Crippen molar-refractivity contribution in [1.29, 1.82) is 0 Å². The predicted molar refractivity (Wildman–Crippen MR) is 140 cm³/mol. The fourth-order valence-corrected chi connectivity index (χ4v) is 6.59. The lowest BCUT2D eigenvalue weighted by Gasteiger charge is -2.21. The van der Waals surface area contributed by atoms with Gasteiger partial charge in [0, 0.05) is 13.1 Å². The molecular weight excluding hydrogens is 590 g/mol. The second-order valence-corrected chi connectivity index (χ2v) is 12.8. The van der Waals surface area contributed by atoms with Gasteiger partial charge in [0.05, 0.1) is 37.8 Å². The summed E-state index contributed by atoms with van der Waals surface area (Å²) in [7, 11) is -10.4. The van der Waals surface area contributed by atoms with E-state index in [9.17, 15) is 39.3 Å². The number of phosphoric acid groups is 2. The van der Waals surface area contributed by atoms with Gasteiger partial charge in [-0.05, 0) is 6.42 Å². The number of aliphatic hydroxyl groups is 4. The molecule has 2 aliphatic rings. The number of rotatable bonds is 15. The number of aliphatic hydroxyl groups excluding tert-OH is 4. The second kappa shape index (κ2) is 13.8. The minimum atomic E-state index is -5.24. The monoisotopic (exact) mass is 626 g/mol. The summed E-state index contributed by atoms with van der Waals surface area (Å²) in [6, 6.07) is -0.921. The maximum absolute atomic E-state index is 12.3. The smallest absolute Gasteiger partial charge is 0.389 e. The average Bonchev–Trinajstić information content (AvgIpc) is 3.57. The molecule has 4 heterocycles. The van der Waals surface area contributed by atoms with Crippen LogP contribution in [0.25, 0.3) is 11.2 Å². The van der Waals surface area contributed by atoms with Crippen LogP contribution < -0.4 is 10.6 Å². The molecule has 2 saturated heterocycles. The second-order valence-electron chi connectivity index (χ2n) is 9.76. The molecule has 2 aliphatic heterocycles. The molecule has 2 aromatic heterocycles. The summed E-state index contributed by atoms with van der Waals surface area (Å²) < 4.78 is 45.1. The minimum Gasteiger partial charge on any atom is -0.389 e. The Kier molecular flexibility index (Phi) is 10.8. The van der Waals surface area contributed by atoms with Gasteiger partial charge in [-0.25, -0.2) is 24.1 Å². The summed E-state index contributed by atoms with van der Waals surface area (Å²) in [4.78, 5) is 32.5. The van der Waals surface area contributed by atoms with Gasteiger partial charge in [0.25, 0.3) is 0 Å². The summed E-state index contributed by atoms with van der Waals surface area (Å²) in [5.41, 5.74) is 0.715. The molecular formula is C21H36N6O12P2. The van der Waals surface area contributed by atoms with E-state index in [1.807, 2.05) is 0 Å². The first-order valence-electron chi connectivity index (χ1n) is 13.1. The number of unbranched alkanes of at least 4 members (excludes halogenated alkanes) is 3. The molecule has 2 unspecified atom stereocenters. The zero-order chi connectivity index (χ0) is 29.8. The number of nitrogens with one attached hydrogen (secondary N) is 2. The Morgan fingerprint density at radius 1 is 1.02 bits per heavy atom. The van der Waals surface area contributed by atoms with Crippen molar-refractivity contribution in [3.63, 3.8) is 0 Å². The molecule has 4 rings (SSSR count). The Labute approximate surface area is 234 Å². The summed E-state index contributed by atoms with van der Waals surface area (Å²) in [6.45, 7) is 1.38. The van der Waals surface area contributed by atoms with Gasteiger partial charge in [-0.15, -0.1) is 0 Å². The number of aromatic nitrogens is 4. The first-order valence-corrected chi connectivity index (χ1v) is 16.1. The highest BCUT2D eigenvalue weighted by Gasteiger charge is 2.46. The quantitative estimate of drug-likeness (QED) is 0.0905. The van der Waals surface area contributed by atoms with Crippen LogP contribution in [0, 0.1) is 0 Å². The Morgan fingerprint density at radius 2 is 1.76 bits per heavy atom. The number of ether oxygens (including phenoxy) is 1. The van der Waals surface area contributed by atoms with Crippen LogP contribution in [-0.4, -0.2) is 113 Å². The SMILES string of the molecule is CCCCCCNc1ncnc2c1ncn2[C@@H]1O[C@H](COP(=O)(O)OP(=O)(O)OC[C@H]2NC[C@H](O)[C@@H]2O)[C@@H](O)[C@H]1O. The normalized spacial score (nSPS) is 31.3. The van der Waals surface area contributed by atoms with E-state index in [2.05, 4.69) is 41.3 Å². The number of nitrogens with zero attached hydrogens (tertiary/aromatic N) is 4. The van der Waals surface area contributed by atoms with Crippen LogP contribution >= 0.6 is 15.6 Å². The van der Waals surface area contributed by atoms with Gasteiger partial charge in [0.2, 0.25) is 0 Å². The largest absolute Gasteiger partial charge is 0.481 e. The van der Waals surface area contributed by atoms with Crippen LogP contribution in [0.15, 0.2) is 12.7 Å². The number of hydrogen-bond donors (Lipinski definition) is 8. The fourth-order valence-electron chi connectivity index (χ4n) is 4.48. The van der Waals surface area contributed by atoms with Crippen LogP contribution in [0.1, 0.15) is 38.8 Å². The minimum absolute atomic E-state index is 0.0168. The highest BCUT2D eigenvalue weighted by molar-refractivity contribution is 7.61. The number of imidazole rings is 1. The lowest BCUT2D eigenvalue weighted by molar-refractivity contribution is -0.0504. The lowest BCUT2D eigenvalue weighted by atomic mass is 10.1. The molecule has 2 aromatic rings. The molecule has 8 N–H and O–H groups in total. The summed E-state index contributed by atoms with van der Waals surface area (Å²) >= 11 is 0. The summed E-state index contributed by atoms with van der Waals surface area (Å²) in [6.07, 6.45) is -1.16. The molecule has 41 heavy (non-hydrogen) atoms. The topological polar surface area (TPSA) is 260 Å². The summed E-state index contributed by atoms with van der Waals surface area (Å²) in [5, 5.41) is 46.2. The highest BCUT2D eigenvalue weighted by Crippen LogP contribution is 2.60. The van der Waals surface area contributed by atoms with E-state index in [-0.39, 0.29) is 6.54 Å². The van der Waals surface area contributed by atoms with Crippen LogP contribution in [0.2, 0.25) is 0 Å². The number of anilines is 1. The number of β-amino-alcohol motifs (C(OH)–C–C–N with tert-alkyl or cyclic N) is 1. The third kappa shape index (κ3) is 8.06. The van der Waals surface area contributed by atoms with E-state index in [4.69, 9.17) is 9.26 Å². The summed E-state index contributed by atoms with van der Waals surface area (Å²) in [5.74, 6) is 0.488. The molecule has 0 saturated carbocycles. The van der Waals surface area contributed by atoms with Crippen LogP contribution in [0.5, 0.6) is 0 Å². The molecule has 0 amide bonds. The van der Waals surface area contributed by atoms with Crippen molar-refractivity contribution in [2.45, 2.75) is 75.4 Å². The number of phosphoric ester groups is 2.